The summed E-state index contributed by atoms with van der Waals surface area (Å²) in [6.45, 7) is 6.87. The molecule has 59 heavy (non-hydrogen) atoms. The van der Waals surface area contributed by atoms with Crippen molar-refractivity contribution in [3.8, 4) is 17.2 Å². The number of carbonyl (C=O) groups is 6. The molecule has 0 aromatic heterocycles. The van der Waals surface area contributed by atoms with Gasteiger partial charge in [-0.3, -0.25) is 19.2 Å². The summed E-state index contributed by atoms with van der Waals surface area (Å²) in [6.07, 6.45) is 1.11. The van der Waals surface area contributed by atoms with Crippen molar-refractivity contribution in [2.45, 2.75) is 56.5 Å². The molecule has 2 fully saturated rings. The summed E-state index contributed by atoms with van der Waals surface area (Å²) in [7, 11) is 0. The smallest absolute Gasteiger partial charge is 0.338 e. The molecule has 0 radical (unpaired) electrons. The van der Waals surface area contributed by atoms with Gasteiger partial charge in [-0.1, -0.05) is 49.6 Å². The zero-order chi connectivity index (χ0) is 41.7. The molecule has 13 heteroatoms. The van der Waals surface area contributed by atoms with Gasteiger partial charge in [-0.25, -0.2) is 9.59 Å². The Hall–Kier alpha value is -6.70. The number of benzene rings is 4. The summed E-state index contributed by atoms with van der Waals surface area (Å²) in [5.41, 5.74) is 3.14. The Labute approximate surface area is 340 Å². The van der Waals surface area contributed by atoms with Crippen LogP contribution >= 0.6 is 0 Å². The van der Waals surface area contributed by atoms with Gasteiger partial charge in [-0.05, 0) is 102 Å². The van der Waals surface area contributed by atoms with E-state index in [0.717, 1.165) is 16.7 Å². The number of hydrogen-bond donors (Lipinski definition) is 0. The van der Waals surface area contributed by atoms with Crippen LogP contribution in [0.2, 0.25) is 0 Å². The Bertz CT molecular complexity index is 2160. The van der Waals surface area contributed by atoms with Crippen LogP contribution in [0.3, 0.4) is 0 Å². The third kappa shape index (κ3) is 11.9. The minimum absolute atomic E-state index is 0.0394. The Morgan fingerprint density at radius 1 is 0.542 bits per heavy atom. The summed E-state index contributed by atoms with van der Waals surface area (Å²) >= 11 is 0. The molecule has 6 rings (SSSR count). The van der Waals surface area contributed by atoms with E-state index in [1.165, 1.54) is 60.7 Å². The SMILES string of the molecule is C=CC(=O)COc1ccc(CCC(=O)Oc2ccc(C(=O)O[C@@H]3COC4C3OC[C@H]4OC(=O)c3ccc(OC(=O)CCc4ccc(CC(=O)C=C)cc4)cc3)cc2)cc1. The van der Waals surface area contributed by atoms with Crippen LogP contribution in [-0.4, -0.2) is 79.7 Å². The molecule has 4 atom stereocenters. The van der Waals surface area contributed by atoms with Gasteiger partial charge >= 0.3 is 23.9 Å². The van der Waals surface area contributed by atoms with E-state index in [1.54, 1.807) is 24.3 Å². The van der Waals surface area contributed by atoms with Crippen molar-refractivity contribution in [3.05, 3.63) is 150 Å². The highest BCUT2D eigenvalue weighted by molar-refractivity contribution is 5.91. The third-order valence-electron chi connectivity index (χ3n) is 9.52. The maximum atomic E-state index is 13.0. The molecular weight excluding hydrogens is 760 g/mol. The van der Waals surface area contributed by atoms with Crippen molar-refractivity contribution in [2.75, 3.05) is 19.8 Å². The van der Waals surface area contributed by atoms with E-state index >= 15 is 0 Å². The highest BCUT2D eigenvalue weighted by Gasteiger charge is 2.51. The van der Waals surface area contributed by atoms with E-state index in [-0.39, 0.29) is 73.3 Å². The van der Waals surface area contributed by atoms with Crippen LogP contribution in [0.15, 0.2) is 122 Å². The van der Waals surface area contributed by atoms with Gasteiger partial charge in [0.05, 0.1) is 24.3 Å². The molecule has 4 aromatic rings. The molecule has 0 amide bonds. The minimum atomic E-state index is -0.745. The molecule has 0 saturated carbocycles. The molecule has 13 nitrogen and oxygen atoms in total. The van der Waals surface area contributed by atoms with E-state index in [2.05, 4.69) is 13.2 Å². The second kappa shape index (κ2) is 20.1. The van der Waals surface area contributed by atoms with Crippen molar-refractivity contribution in [1.82, 2.24) is 0 Å². The molecule has 2 saturated heterocycles. The largest absolute Gasteiger partial charge is 0.485 e. The minimum Gasteiger partial charge on any atom is -0.485 e. The van der Waals surface area contributed by atoms with Crippen molar-refractivity contribution >= 4 is 35.4 Å². The second-order valence-electron chi connectivity index (χ2n) is 13.7. The number of fused-ring (bicyclic) bond motifs is 1. The Balaban J connectivity index is 0.897. The van der Waals surface area contributed by atoms with Crippen LogP contribution in [0, 0.1) is 0 Å². The highest BCUT2D eigenvalue weighted by Crippen LogP contribution is 2.32. The molecule has 2 aliphatic heterocycles. The number of ketones is 2. The number of aryl methyl sites for hydroxylation is 2. The first kappa shape index (κ1) is 41.9. The number of carbonyl (C=O) groups excluding carboxylic acids is 6. The Kier molecular flexibility index (Phi) is 14.3. The quantitative estimate of drug-likeness (QED) is 0.0640. The predicted octanol–water partition coefficient (Wildman–Crippen LogP) is 5.74. The number of esters is 4. The maximum absolute atomic E-state index is 13.0. The molecule has 304 valence electrons. The van der Waals surface area contributed by atoms with Crippen LogP contribution in [0.5, 0.6) is 17.2 Å². The van der Waals surface area contributed by atoms with Crippen LogP contribution in [0.4, 0.5) is 0 Å². The summed E-state index contributed by atoms with van der Waals surface area (Å²) in [5, 5.41) is 0. The first-order valence-electron chi connectivity index (χ1n) is 18.9. The first-order chi connectivity index (χ1) is 28.6. The lowest BCUT2D eigenvalue weighted by Gasteiger charge is -2.17. The van der Waals surface area contributed by atoms with E-state index in [9.17, 15) is 28.8 Å². The van der Waals surface area contributed by atoms with Gasteiger partial charge in [-0.2, -0.15) is 0 Å². The molecule has 0 bridgehead atoms. The Morgan fingerprint density at radius 3 is 1.39 bits per heavy atom. The van der Waals surface area contributed by atoms with Crippen LogP contribution in [0.1, 0.15) is 50.2 Å². The number of rotatable bonds is 19. The van der Waals surface area contributed by atoms with E-state index in [4.69, 9.17) is 33.2 Å². The van der Waals surface area contributed by atoms with E-state index in [1.807, 2.05) is 24.3 Å². The standard InChI is InChI=1S/C46H42O13/c1-3-34(47)25-31-7-5-29(6-8-31)11-23-41(49)56-37-19-13-32(14-20-37)45(51)58-39-27-54-44-40(28-55-43(39)44)59-46(52)33-15-21-38(22-16-33)57-42(50)24-12-30-9-17-36(18-10-30)53-26-35(48)4-2/h3-10,13-22,39-40,43-44H,1-2,11-12,23-28H2/t39-,40-,43?,44?/m1/s1. The van der Waals surface area contributed by atoms with E-state index in [0.29, 0.717) is 18.6 Å². The van der Waals surface area contributed by atoms with Crippen molar-refractivity contribution < 1.29 is 61.9 Å². The molecule has 0 aliphatic carbocycles. The molecule has 2 aliphatic rings. The molecule has 0 spiro atoms. The van der Waals surface area contributed by atoms with Gasteiger partial charge in [0, 0.05) is 19.3 Å². The normalized spacial score (nSPS) is 17.8. The van der Waals surface area contributed by atoms with Gasteiger partial charge in [0.25, 0.3) is 0 Å². The second-order valence-corrected chi connectivity index (χ2v) is 13.7. The lowest BCUT2D eigenvalue weighted by atomic mass is 10.0. The van der Waals surface area contributed by atoms with Gasteiger partial charge in [0.2, 0.25) is 0 Å². The van der Waals surface area contributed by atoms with Crippen LogP contribution in [0.25, 0.3) is 0 Å². The van der Waals surface area contributed by atoms with Gasteiger partial charge in [-0.15, -0.1) is 0 Å². The summed E-state index contributed by atoms with van der Waals surface area (Å²) in [6, 6.07) is 26.4. The lowest BCUT2D eigenvalue weighted by molar-refractivity contribution is -0.135. The average Bonchev–Trinajstić information content (AvgIpc) is 3.85. The molecule has 2 heterocycles. The van der Waals surface area contributed by atoms with Gasteiger partial charge in [0.15, 0.2) is 30.4 Å². The Morgan fingerprint density at radius 2 is 0.949 bits per heavy atom. The molecular formula is C46H42O13. The van der Waals surface area contributed by atoms with Crippen LogP contribution in [-0.2, 0) is 57.4 Å². The van der Waals surface area contributed by atoms with E-state index < -0.39 is 48.3 Å². The number of ether oxygens (including phenoxy) is 7. The molecule has 0 N–H and O–H groups in total. The van der Waals surface area contributed by atoms with Gasteiger partial charge < -0.3 is 33.2 Å². The van der Waals surface area contributed by atoms with Gasteiger partial charge in [0.1, 0.15) is 29.5 Å². The summed E-state index contributed by atoms with van der Waals surface area (Å²) in [5.74, 6) is -1.37. The maximum Gasteiger partial charge on any atom is 0.338 e. The lowest BCUT2D eigenvalue weighted by Crippen LogP contribution is -2.36. The molecule has 4 aromatic carbocycles. The number of allylic oxidation sites excluding steroid dienone is 1. The van der Waals surface area contributed by atoms with Crippen molar-refractivity contribution in [3.63, 3.8) is 0 Å². The summed E-state index contributed by atoms with van der Waals surface area (Å²) < 4.78 is 39.3. The average molecular weight is 803 g/mol. The highest BCUT2D eigenvalue weighted by atomic mass is 16.7. The first-order valence-corrected chi connectivity index (χ1v) is 18.9. The topological polar surface area (TPSA) is 167 Å². The van der Waals surface area contributed by atoms with Crippen LogP contribution < -0.4 is 14.2 Å². The predicted molar refractivity (Wildman–Crippen MR) is 211 cm³/mol. The van der Waals surface area contributed by atoms with Crippen molar-refractivity contribution in [2.24, 2.45) is 0 Å². The van der Waals surface area contributed by atoms with Crippen molar-refractivity contribution in [1.29, 1.82) is 0 Å². The fourth-order valence-corrected chi connectivity index (χ4v) is 6.28. The fraction of sp³-hybridized carbons (Fsp3) is 0.261. The number of hydrogen-bond acceptors (Lipinski definition) is 13. The summed E-state index contributed by atoms with van der Waals surface area (Å²) in [4.78, 5) is 73.8. The monoisotopic (exact) mass is 802 g/mol. The zero-order valence-electron chi connectivity index (χ0n) is 32.1. The fourth-order valence-electron chi connectivity index (χ4n) is 6.28. The zero-order valence-corrected chi connectivity index (χ0v) is 32.1. The third-order valence-corrected chi connectivity index (χ3v) is 9.52. The molecule has 2 unspecified atom stereocenters.